The largest absolute Gasteiger partial charge is 0.396 e. The Morgan fingerprint density at radius 3 is 2.38 bits per heavy atom. The van der Waals surface area contributed by atoms with Crippen molar-refractivity contribution in [1.29, 1.82) is 0 Å². The molecule has 16 heavy (non-hydrogen) atoms. The number of hydrogen-bond acceptors (Lipinski definition) is 1. The van der Waals surface area contributed by atoms with Crippen LogP contribution in [-0.4, -0.2) is 11.7 Å². The van der Waals surface area contributed by atoms with Gasteiger partial charge in [0.05, 0.1) is 0 Å². The fourth-order valence-corrected chi connectivity index (χ4v) is 1.62. The van der Waals surface area contributed by atoms with E-state index in [-0.39, 0.29) is 17.9 Å². The smallest absolute Gasteiger partial charge is 0.162 e. The first-order chi connectivity index (χ1) is 7.36. The van der Waals surface area contributed by atoms with E-state index in [2.05, 4.69) is 0 Å². The lowest BCUT2D eigenvalue weighted by Gasteiger charge is -2.29. The molecule has 1 aromatic carbocycles. The Labute approximate surface area is 95.1 Å². The second-order valence-corrected chi connectivity index (χ2v) is 5.16. The van der Waals surface area contributed by atoms with Crippen LogP contribution < -0.4 is 0 Å². The molecule has 0 fully saturated rings. The summed E-state index contributed by atoms with van der Waals surface area (Å²) >= 11 is 0. The van der Waals surface area contributed by atoms with E-state index in [0.717, 1.165) is 6.07 Å². The first-order valence-corrected chi connectivity index (χ1v) is 5.40. The van der Waals surface area contributed by atoms with Crippen LogP contribution in [0.25, 0.3) is 0 Å². The molecule has 0 radical (unpaired) electrons. The molecule has 1 N–H and O–H groups in total. The first kappa shape index (κ1) is 13.1. The molecule has 0 amide bonds. The molecule has 0 heterocycles. The van der Waals surface area contributed by atoms with Crippen LogP contribution in [0.4, 0.5) is 8.78 Å². The van der Waals surface area contributed by atoms with E-state index in [0.29, 0.717) is 12.0 Å². The number of rotatable bonds is 3. The highest BCUT2D eigenvalue weighted by Crippen LogP contribution is 2.29. The van der Waals surface area contributed by atoms with Crippen molar-refractivity contribution >= 4 is 0 Å². The van der Waals surface area contributed by atoms with Gasteiger partial charge in [0, 0.05) is 6.61 Å². The van der Waals surface area contributed by atoms with Crippen LogP contribution in [-0.2, 0) is 6.42 Å². The van der Waals surface area contributed by atoms with Gasteiger partial charge in [0.15, 0.2) is 11.6 Å². The highest BCUT2D eigenvalue weighted by molar-refractivity contribution is 5.19. The normalized spacial score (nSPS) is 13.9. The van der Waals surface area contributed by atoms with Crippen molar-refractivity contribution in [2.75, 3.05) is 6.61 Å². The highest BCUT2D eigenvalue weighted by Gasteiger charge is 2.25. The maximum absolute atomic E-state index is 13.4. The lowest BCUT2D eigenvalue weighted by molar-refractivity contribution is 0.130. The average molecular weight is 228 g/mol. The topological polar surface area (TPSA) is 20.2 Å². The fourth-order valence-electron chi connectivity index (χ4n) is 1.62. The highest BCUT2D eigenvalue weighted by atomic mass is 19.2. The standard InChI is InChI=1S/C13H18F2O/c1-13(2,3)10(8-16)7-9-5-4-6-11(14)12(9)15/h4-6,10,16H,7-8H2,1-3H3. The molecule has 1 aromatic rings. The van der Waals surface area contributed by atoms with Crippen molar-refractivity contribution in [3.05, 3.63) is 35.4 Å². The van der Waals surface area contributed by atoms with E-state index < -0.39 is 11.6 Å². The summed E-state index contributed by atoms with van der Waals surface area (Å²) in [5, 5.41) is 9.27. The molecule has 1 rings (SSSR count). The minimum absolute atomic E-state index is 0.0283. The quantitative estimate of drug-likeness (QED) is 0.842. The van der Waals surface area contributed by atoms with Crippen molar-refractivity contribution in [1.82, 2.24) is 0 Å². The SMILES string of the molecule is CC(C)(C)C(CO)Cc1cccc(F)c1F. The Hall–Kier alpha value is -0.960. The second kappa shape index (κ2) is 4.91. The molecular formula is C13H18F2O. The minimum Gasteiger partial charge on any atom is -0.396 e. The zero-order valence-corrected chi connectivity index (χ0v) is 9.93. The van der Waals surface area contributed by atoms with Gasteiger partial charge in [0.2, 0.25) is 0 Å². The molecule has 0 spiro atoms. The van der Waals surface area contributed by atoms with E-state index in [1.807, 2.05) is 20.8 Å². The van der Waals surface area contributed by atoms with E-state index in [1.54, 1.807) is 6.07 Å². The third-order valence-electron chi connectivity index (χ3n) is 2.94. The molecule has 0 saturated carbocycles. The fraction of sp³-hybridized carbons (Fsp3) is 0.538. The van der Waals surface area contributed by atoms with Crippen molar-refractivity contribution in [3.63, 3.8) is 0 Å². The van der Waals surface area contributed by atoms with E-state index in [4.69, 9.17) is 0 Å². The zero-order valence-electron chi connectivity index (χ0n) is 9.93. The van der Waals surface area contributed by atoms with Gasteiger partial charge in [0.25, 0.3) is 0 Å². The molecule has 1 unspecified atom stereocenters. The zero-order chi connectivity index (χ0) is 12.3. The number of halogens is 2. The monoisotopic (exact) mass is 228 g/mol. The summed E-state index contributed by atoms with van der Waals surface area (Å²) < 4.78 is 26.4. The molecule has 0 saturated heterocycles. The van der Waals surface area contributed by atoms with Gasteiger partial charge in [-0.1, -0.05) is 32.9 Å². The molecule has 90 valence electrons. The van der Waals surface area contributed by atoms with Gasteiger partial charge in [-0.3, -0.25) is 0 Å². The summed E-state index contributed by atoms with van der Waals surface area (Å²) in [6.07, 6.45) is 0.351. The Balaban J connectivity index is 2.91. The maximum atomic E-state index is 13.4. The molecule has 0 aliphatic heterocycles. The van der Waals surface area contributed by atoms with Crippen LogP contribution in [0.5, 0.6) is 0 Å². The molecule has 0 aliphatic carbocycles. The minimum atomic E-state index is -0.830. The first-order valence-electron chi connectivity index (χ1n) is 5.40. The van der Waals surface area contributed by atoms with Crippen molar-refractivity contribution in [3.8, 4) is 0 Å². The number of benzene rings is 1. The molecule has 0 bridgehead atoms. The van der Waals surface area contributed by atoms with Gasteiger partial charge in [-0.2, -0.15) is 0 Å². The molecule has 0 aromatic heterocycles. The van der Waals surface area contributed by atoms with Gasteiger partial charge in [0.1, 0.15) is 0 Å². The Morgan fingerprint density at radius 1 is 1.25 bits per heavy atom. The Morgan fingerprint density at radius 2 is 1.88 bits per heavy atom. The van der Waals surface area contributed by atoms with Crippen molar-refractivity contribution in [2.24, 2.45) is 11.3 Å². The van der Waals surface area contributed by atoms with Crippen LogP contribution in [0.15, 0.2) is 18.2 Å². The molecule has 1 nitrogen and oxygen atoms in total. The van der Waals surface area contributed by atoms with E-state index in [1.165, 1.54) is 6.07 Å². The van der Waals surface area contributed by atoms with Gasteiger partial charge >= 0.3 is 0 Å². The van der Waals surface area contributed by atoms with Crippen LogP contribution in [0, 0.1) is 23.0 Å². The van der Waals surface area contributed by atoms with Gasteiger partial charge in [-0.15, -0.1) is 0 Å². The van der Waals surface area contributed by atoms with Gasteiger partial charge < -0.3 is 5.11 Å². The average Bonchev–Trinajstić information content (AvgIpc) is 2.18. The third kappa shape index (κ3) is 3.01. The number of hydrogen-bond donors (Lipinski definition) is 1. The summed E-state index contributed by atoms with van der Waals surface area (Å²) in [6.45, 7) is 5.90. The predicted molar refractivity (Wildman–Crippen MR) is 60.1 cm³/mol. The third-order valence-corrected chi connectivity index (χ3v) is 2.94. The number of aliphatic hydroxyl groups excluding tert-OH is 1. The van der Waals surface area contributed by atoms with E-state index in [9.17, 15) is 13.9 Å². The molecule has 3 heteroatoms. The maximum Gasteiger partial charge on any atom is 0.162 e. The van der Waals surface area contributed by atoms with Crippen LogP contribution >= 0.6 is 0 Å². The lowest BCUT2D eigenvalue weighted by atomic mass is 9.77. The van der Waals surface area contributed by atoms with Gasteiger partial charge in [-0.05, 0) is 29.4 Å². The summed E-state index contributed by atoms with van der Waals surface area (Å²) in [4.78, 5) is 0. The van der Waals surface area contributed by atoms with Crippen molar-refractivity contribution in [2.45, 2.75) is 27.2 Å². The molecule has 0 aliphatic rings. The predicted octanol–water partition coefficient (Wildman–Crippen LogP) is 3.16. The number of aliphatic hydroxyl groups is 1. The summed E-state index contributed by atoms with van der Waals surface area (Å²) in [5.41, 5.74) is 0.196. The van der Waals surface area contributed by atoms with Crippen LogP contribution in [0.3, 0.4) is 0 Å². The Bertz CT molecular complexity index is 355. The van der Waals surface area contributed by atoms with Crippen LogP contribution in [0.1, 0.15) is 26.3 Å². The summed E-state index contributed by atoms with van der Waals surface area (Å²) in [7, 11) is 0. The van der Waals surface area contributed by atoms with Crippen LogP contribution in [0.2, 0.25) is 0 Å². The molecule has 1 atom stereocenters. The summed E-state index contributed by atoms with van der Waals surface area (Å²) in [5.74, 6) is -1.71. The lowest BCUT2D eigenvalue weighted by Crippen LogP contribution is -2.26. The molecular weight excluding hydrogens is 210 g/mol. The summed E-state index contributed by atoms with van der Waals surface area (Å²) in [6, 6.07) is 4.15. The van der Waals surface area contributed by atoms with Gasteiger partial charge in [-0.25, -0.2) is 8.78 Å². The Kier molecular flexibility index (Phi) is 4.03. The second-order valence-electron chi connectivity index (χ2n) is 5.16. The van der Waals surface area contributed by atoms with Crippen molar-refractivity contribution < 1.29 is 13.9 Å². The van der Waals surface area contributed by atoms with E-state index >= 15 is 0 Å².